The van der Waals surface area contributed by atoms with Crippen LogP contribution in [0.15, 0.2) is 40.6 Å². The second-order valence-electron chi connectivity index (χ2n) is 6.98. The van der Waals surface area contributed by atoms with Gasteiger partial charge in [-0.25, -0.2) is 8.42 Å². The Morgan fingerprint density at radius 3 is 2.62 bits per heavy atom. The van der Waals surface area contributed by atoms with E-state index in [1.165, 1.54) is 16.1 Å². The number of rotatable bonds is 8. The van der Waals surface area contributed by atoms with Crippen LogP contribution in [0.5, 0.6) is 0 Å². The van der Waals surface area contributed by atoms with Gasteiger partial charge in [0.05, 0.1) is 23.9 Å². The van der Waals surface area contributed by atoms with Gasteiger partial charge < -0.3 is 14.6 Å². The maximum Gasteiger partial charge on any atom is 0.243 e. The first-order valence-corrected chi connectivity index (χ1v) is 11.9. The average Bonchev–Trinajstić information content (AvgIpc) is 3.49. The molecule has 1 N–H and O–H groups in total. The fourth-order valence-corrected chi connectivity index (χ4v) is 5.26. The monoisotopic (exact) mass is 437 g/mol. The Kier molecular flexibility index (Phi) is 6.18. The van der Waals surface area contributed by atoms with Crippen LogP contribution in [0.4, 0.5) is 0 Å². The molecule has 9 nitrogen and oxygen atoms in total. The molecule has 4 rings (SSSR count). The van der Waals surface area contributed by atoms with E-state index in [1.54, 1.807) is 30.6 Å². The minimum absolute atomic E-state index is 0.106. The number of hydrogen-bond donors (Lipinski definition) is 1. The molecule has 1 aliphatic heterocycles. The predicted octanol–water partition coefficient (Wildman–Crippen LogP) is 1.04. The summed E-state index contributed by atoms with van der Waals surface area (Å²) in [6.07, 6.45) is 3.98. The van der Waals surface area contributed by atoms with Gasteiger partial charge in [-0.3, -0.25) is 4.79 Å². The van der Waals surface area contributed by atoms with Crippen molar-refractivity contribution in [2.24, 2.45) is 0 Å². The van der Waals surface area contributed by atoms with E-state index in [1.807, 2.05) is 4.57 Å². The predicted molar refractivity (Wildman–Crippen MR) is 107 cm³/mol. The zero-order chi connectivity index (χ0) is 20.3. The van der Waals surface area contributed by atoms with Gasteiger partial charge >= 0.3 is 0 Å². The molecule has 1 aliphatic carbocycles. The summed E-state index contributed by atoms with van der Waals surface area (Å²) >= 11 is 1.37. The molecule has 0 atom stereocenters. The molecule has 156 valence electrons. The number of morpholine rings is 1. The van der Waals surface area contributed by atoms with Gasteiger partial charge in [0.1, 0.15) is 6.33 Å². The highest BCUT2D eigenvalue weighted by Crippen LogP contribution is 2.37. The lowest BCUT2D eigenvalue weighted by molar-refractivity contribution is -0.118. The van der Waals surface area contributed by atoms with Gasteiger partial charge in [0.25, 0.3) is 0 Å². The van der Waals surface area contributed by atoms with E-state index in [2.05, 4.69) is 15.5 Å². The maximum atomic E-state index is 12.6. The first kappa shape index (κ1) is 20.3. The van der Waals surface area contributed by atoms with Gasteiger partial charge in [-0.1, -0.05) is 23.9 Å². The molecule has 2 heterocycles. The molecule has 1 saturated heterocycles. The molecule has 2 aliphatic rings. The Balaban J connectivity index is 1.27. The number of nitrogens with zero attached hydrogens (tertiary/aromatic N) is 4. The maximum absolute atomic E-state index is 12.6. The standard InChI is InChI=1S/C18H23N5O4S2/c24-17(12-28-18-21-20-13-23(18)15-3-4-15)19-11-14-1-5-16(6-2-14)29(25,26)22-7-9-27-10-8-22/h1-2,5-6,13,15H,3-4,7-12H2,(H,19,24). The van der Waals surface area contributed by atoms with E-state index in [0.29, 0.717) is 38.9 Å². The van der Waals surface area contributed by atoms with E-state index < -0.39 is 10.0 Å². The number of aromatic nitrogens is 3. The molecule has 1 aromatic carbocycles. The van der Waals surface area contributed by atoms with E-state index in [0.717, 1.165) is 23.6 Å². The Bertz CT molecular complexity index is 951. The Hall–Kier alpha value is -1.95. The molecular weight excluding hydrogens is 414 g/mol. The first-order valence-electron chi connectivity index (χ1n) is 9.50. The van der Waals surface area contributed by atoms with E-state index in [9.17, 15) is 13.2 Å². The van der Waals surface area contributed by atoms with Gasteiger partial charge in [0.2, 0.25) is 15.9 Å². The first-order chi connectivity index (χ1) is 14.0. The Labute approximate surface area is 173 Å². The van der Waals surface area contributed by atoms with Crippen molar-refractivity contribution in [3.63, 3.8) is 0 Å². The number of ether oxygens (including phenoxy) is 1. The van der Waals surface area contributed by atoms with E-state index in [-0.39, 0.29) is 16.6 Å². The smallest absolute Gasteiger partial charge is 0.243 e. The lowest BCUT2D eigenvalue weighted by atomic mass is 10.2. The van der Waals surface area contributed by atoms with Crippen LogP contribution in [0, 0.1) is 0 Å². The topological polar surface area (TPSA) is 106 Å². The number of hydrogen-bond acceptors (Lipinski definition) is 7. The van der Waals surface area contributed by atoms with Crippen LogP contribution in [-0.2, 0) is 26.1 Å². The molecule has 29 heavy (non-hydrogen) atoms. The molecule has 1 amide bonds. The van der Waals surface area contributed by atoms with Crippen LogP contribution in [0.3, 0.4) is 0 Å². The summed E-state index contributed by atoms with van der Waals surface area (Å²) in [5.41, 5.74) is 0.838. The molecular formula is C18H23N5O4S2. The minimum atomic E-state index is -3.50. The van der Waals surface area contributed by atoms with Crippen LogP contribution < -0.4 is 5.32 Å². The fraction of sp³-hybridized carbons (Fsp3) is 0.500. The molecule has 0 unspecified atom stereocenters. The highest BCUT2D eigenvalue weighted by atomic mass is 32.2. The number of carbonyl (C=O) groups excluding carboxylic acids is 1. The Morgan fingerprint density at radius 1 is 1.21 bits per heavy atom. The van der Waals surface area contributed by atoms with Crippen molar-refractivity contribution in [2.75, 3.05) is 32.1 Å². The lowest BCUT2D eigenvalue weighted by Crippen LogP contribution is -2.40. The number of nitrogens with one attached hydrogen (secondary N) is 1. The van der Waals surface area contributed by atoms with Gasteiger partial charge in [-0.2, -0.15) is 4.31 Å². The number of thioether (sulfide) groups is 1. The molecule has 1 aromatic heterocycles. The lowest BCUT2D eigenvalue weighted by Gasteiger charge is -2.26. The molecule has 11 heteroatoms. The summed E-state index contributed by atoms with van der Waals surface area (Å²) < 4.78 is 33.9. The summed E-state index contributed by atoms with van der Waals surface area (Å²) in [7, 11) is -3.50. The van der Waals surface area contributed by atoms with Gasteiger partial charge in [0, 0.05) is 25.7 Å². The highest BCUT2D eigenvalue weighted by molar-refractivity contribution is 7.99. The van der Waals surface area contributed by atoms with E-state index in [4.69, 9.17) is 4.74 Å². The van der Waals surface area contributed by atoms with Crippen LogP contribution in [0.1, 0.15) is 24.4 Å². The molecule has 2 aromatic rings. The molecule has 0 spiro atoms. The summed E-state index contributed by atoms with van der Waals surface area (Å²) in [6.45, 7) is 1.90. The molecule has 0 bridgehead atoms. The number of amides is 1. The van der Waals surface area contributed by atoms with E-state index >= 15 is 0 Å². The SMILES string of the molecule is O=C(CSc1nncn1C1CC1)NCc1ccc(S(=O)(=O)N2CCOCC2)cc1. The quantitative estimate of drug-likeness (QED) is 0.615. The molecule has 0 radical (unpaired) electrons. The van der Waals surface area contributed by atoms with Crippen molar-refractivity contribution in [3.05, 3.63) is 36.2 Å². The van der Waals surface area contributed by atoms with Crippen molar-refractivity contribution in [3.8, 4) is 0 Å². The minimum Gasteiger partial charge on any atom is -0.379 e. The van der Waals surface area contributed by atoms with Crippen LogP contribution in [-0.4, -0.2) is 65.5 Å². The zero-order valence-electron chi connectivity index (χ0n) is 15.9. The van der Waals surface area contributed by atoms with Crippen molar-refractivity contribution < 1.29 is 17.9 Å². The van der Waals surface area contributed by atoms with Crippen molar-refractivity contribution in [1.29, 1.82) is 0 Å². The third-order valence-electron chi connectivity index (χ3n) is 4.83. The molecule has 1 saturated carbocycles. The zero-order valence-corrected chi connectivity index (χ0v) is 17.5. The van der Waals surface area contributed by atoms with Crippen LogP contribution in [0.25, 0.3) is 0 Å². The van der Waals surface area contributed by atoms with Gasteiger partial charge in [-0.05, 0) is 30.5 Å². The van der Waals surface area contributed by atoms with Gasteiger partial charge in [0.15, 0.2) is 5.16 Å². The number of benzene rings is 1. The normalized spacial score (nSPS) is 17.9. The summed E-state index contributed by atoms with van der Waals surface area (Å²) in [6, 6.07) is 7.09. The van der Waals surface area contributed by atoms with Crippen LogP contribution >= 0.6 is 11.8 Å². The highest BCUT2D eigenvalue weighted by Gasteiger charge is 2.27. The fourth-order valence-electron chi connectivity index (χ4n) is 3.04. The summed E-state index contributed by atoms with van der Waals surface area (Å²) in [4.78, 5) is 12.4. The third kappa shape index (κ3) is 4.97. The second kappa shape index (κ2) is 8.82. The summed E-state index contributed by atoms with van der Waals surface area (Å²) in [5, 5.41) is 11.6. The van der Waals surface area contributed by atoms with Crippen LogP contribution in [0.2, 0.25) is 0 Å². The summed E-state index contributed by atoms with van der Waals surface area (Å²) in [5.74, 6) is 0.153. The van der Waals surface area contributed by atoms with Crippen molar-refractivity contribution in [2.45, 2.75) is 35.5 Å². The van der Waals surface area contributed by atoms with Crippen molar-refractivity contribution in [1.82, 2.24) is 24.4 Å². The second-order valence-corrected chi connectivity index (χ2v) is 9.86. The largest absolute Gasteiger partial charge is 0.379 e. The van der Waals surface area contributed by atoms with Gasteiger partial charge in [-0.15, -0.1) is 10.2 Å². The third-order valence-corrected chi connectivity index (χ3v) is 7.70. The number of carbonyl (C=O) groups is 1. The Morgan fingerprint density at radius 2 is 1.93 bits per heavy atom. The van der Waals surface area contributed by atoms with Crippen molar-refractivity contribution >= 4 is 27.7 Å². The average molecular weight is 438 g/mol. The number of sulfonamides is 1. The molecule has 2 fully saturated rings.